The Morgan fingerprint density at radius 2 is 1.97 bits per heavy atom. The molecule has 160 valence electrons. The Balaban J connectivity index is 1.44. The first kappa shape index (κ1) is 20.4. The molecule has 2 N–H and O–H groups in total. The number of rotatable bonds is 6. The van der Waals surface area contributed by atoms with Crippen LogP contribution in [0.2, 0.25) is 5.02 Å². The van der Waals surface area contributed by atoms with Crippen molar-refractivity contribution in [2.24, 2.45) is 0 Å². The summed E-state index contributed by atoms with van der Waals surface area (Å²) < 4.78 is 18.3. The van der Waals surface area contributed by atoms with E-state index in [1.165, 1.54) is 0 Å². The molecule has 0 amide bonds. The Bertz CT molecular complexity index is 1130. The van der Waals surface area contributed by atoms with Gasteiger partial charge in [-0.1, -0.05) is 11.6 Å². The summed E-state index contributed by atoms with van der Waals surface area (Å²) in [4.78, 5) is 14.4. The number of hydrogen-bond acceptors (Lipinski definition) is 7. The van der Waals surface area contributed by atoms with Crippen molar-refractivity contribution in [3.8, 4) is 23.0 Å². The van der Waals surface area contributed by atoms with E-state index < -0.39 is 10.8 Å². The van der Waals surface area contributed by atoms with Crippen LogP contribution in [0.3, 0.4) is 0 Å². The van der Waals surface area contributed by atoms with Crippen LogP contribution in [0.4, 0.5) is 5.82 Å². The van der Waals surface area contributed by atoms with Crippen LogP contribution in [0.15, 0.2) is 47.5 Å². The molecule has 1 atom stereocenters. The second-order valence-corrected chi connectivity index (χ2v) is 9.77. The fourth-order valence-corrected chi connectivity index (χ4v) is 5.22. The van der Waals surface area contributed by atoms with Crippen molar-refractivity contribution in [1.29, 1.82) is 0 Å². The Kier molecular flexibility index (Phi) is 5.37. The fourth-order valence-electron chi connectivity index (χ4n) is 3.78. The van der Waals surface area contributed by atoms with Gasteiger partial charge in [-0.2, -0.15) is 0 Å². The molecule has 0 unspecified atom stereocenters. The van der Waals surface area contributed by atoms with Crippen LogP contribution >= 0.6 is 11.6 Å². The van der Waals surface area contributed by atoms with Crippen LogP contribution in [0, 0.1) is 0 Å². The van der Waals surface area contributed by atoms with Crippen LogP contribution in [-0.2, 0) is 17.2 Å². The summed E-state index contributed by atoms with van der Waals surface area (Å²) in [6, 6.07) is 10.7. The average molecular weight is 457 g/mol. The molecule has 1 aromatic carbocycles. The zero-order valence-electron chi connectivity index (χ0n) is 16.7. The standard InChI is InChI=1S/C22H21ClN4O3S/c23-15-3-5-16(6-4-15)30-18-7-2-14(12-24-18)20-25-17-8-11-31(29)19(17)21(26-20)27-22(13-28)9-1-10-22/h2-7,12,28H,1,8-11,13H2,(H,25,26,27)/t31-/m0/s1. The van der Waals surface area contributed by atoms with E-state index in [1.54, 1.807) is 36.5 Å². The molecule has 3 heterocycles. The monoisotopic (exact) mass is 456 g/mol. The SMILES string of the molecule is O=[S@]1CCc2nc(-c3ccc(Oc4ccc(Cl)cc4)nc3)nc(NC3(CO)CCC3)c21. The van der Waals surface area contributed by atoms with Crippen molar-refractivity contribution >= 4 is 28.2 Å². The van der Waals surface area contributed by atoms with Gasteiger partial charge in [-0.15, -0.1) is 0 Å². The Hall–Kier alpha value is -2.55. The lowest BCUT2D eigenvalue weighted by Gasteiger charge is -2.41. The number of aromatic nitrogens is 3. The second-order valence-electron chi connectivity index (χ2n) is 7.83. The summed E-state index contributed by atoms with van der Waals surface area (Å²) in [5.41, 5.74) is 1.14. The quantitative estimate of drug-likeness (QED) is 0.579. The van der Waals surface area contributed by atoms with Gasteiger partial charge in [-0.05, 0) is 49.6 Å². The van der Waals surface area contributed by atoms with Gasteiger partial charge in [0.25, 0.3) is 0 Å². The number of hydrogen-bond donors (Lipinski definition) is 2. The zero-order valence-corrected chi connectivity index (χ0v) is 18.2. The van der Waals surface area contributed by atoms with Gasteiger partial charge < -0.3 is 15.2 Å². The summed E-state index contributed by atoms with van der Waals surface area (Å²) >= 11 is 5.90. The Morgan fingerprint density at radius 1 is 1.16 bits per heavy atom. The number of benzene rings is 1. The van der Waals surface area contributed by atoms with Gasteiger partial charge in [0, 0.05) is 35.0 Å². The fraction of sp³-hybridized carbons (Fsp3) is 0.318. The third-order valence-corrected chi connectivity index (χ3v) is 7.43. The maximum atomic E-state index is 12.5. The zero-order chi connectivity index (χ0) is 21.4. The lowest BCUT2D eigenvalue weighted by molar-refractivity contribution is 0.143. The van der Waals surface area contributed by atoms with Crippen LogP contribution in [0.1, 0.15) is 25.0 Å². The Morgan fingerprint density at radius 3 is 2.61 bits per heavy atom. The topological polar surface area (TPSA) is 97.2 Å². The number of aliphatic hydroxyl groups excluding tert-OH is 1. The van der Waals surface area contributed by atoms with E-state index in [1.807, 2.05) is 6.07 Å². The highest BCUT2D eigenvalue weighted by Gasteiger charge is 2.38. The van der Waals surface area contributed by atoms with Crippen LogP contribution in [-0.4, -0.2) is 42.2 Å². The molecule has 31 heavy (non-hydrogen) atoms. The largest absolute Gasteiger partial charge is 0.439 e. The highest BCUT2D eigenvalue weighted by Crippen LogP contribution is 2.38. The van der Waals surface area contributed by atoms with E-state index in [9.17, 15) is 9.32 Å². The van der Waals surface area contributed by atoms with E-state index in [-0.39, 0.29) is 12.1 Å². The summed E-state index contributed by atoms with van der Waals surface area (Å²) in [5.74, 6) is 2.70. The second kappa shape index (κ2) is 8.18. The molecule has 1 fully saturated rings. The normalized spacial score (nSPS) is 18.8. The van der Waals surface area contributed by atoms with Gasteiger partial charge in [-0.3, -0.25) is 4.21 Å². The molecular formula is C22H21ClN4O3S. The lowest BCUT2D eigenvalue weighted by atomic mass is 9.77. The minimum Gasteiger partial charge on any atom is -0.439 e. The van der Waals surface area contributed by atoms with Gasteiger partial charge in [0.15, 0.2) is 5.82 Å². The van der Waals surface area contributed by atoms with Crippen LogP contribution in [0.25, 0.3) is 11.4 Å². The molecule has 1 saturated carbocycles. The van der Waals surface area contributed by atoms with Crippen molar-refractivity contribution < 1.29 is 14.1 Å². The molecule has 0 radical (unpaired) electrons. The molecule has 2 aliphatic rings. The van der Waals surface area contributed by atoms with Crippen molar-refractivity contribution in [2.75, 3.05) is 17.7 Å². The predicted molar refractivity (Wildman–Crippen MR) is 119 cm³/mol. The first-order valence-electron chi connectivity index (χ1n) is 10.1. The van der Waals surface area contributed by atoms with Gasteiger partial charge >= 0.3 is 0 Å². The first-order valence-corrected chi connectivity index (χ1v) is 11.8. The third kappa shape index (κ3) is 4.03. The summed E-state index contributed by atoms with van der Waals surface area (Å²) in [5, 5.41) is 13.9. The number of halogens is 1. The molecule has 9 heteroatoms. The van der Waals surface area contributed by atoms with Crippen molar-refractivity contribution in [3.63, 3.8) is 0 Å². The highest BCUT2D eigenvalue weighted by molar-refractivity contribution is 7.85. The number of aliphatic hydroxyl groups is 1. The maximum absolute atomic E-state index is 12.5. The third-order valence-electron chi connectivity index (χ3n) is 5.72. The number of nitrogens with one attached hydrogen (secondary N) is 1. The molecule has 0 spiro atoms. The minimum atomic E-state index is -1.13. The van der Waals surface area contributed by atoms with E-state index in [2.05, 4.69) is 20.3 Å². The molecule has 7 nitrogen and oxygen atoms in total. The molecule has 1 aliphatic carbocycles. The van der Waals surface area contributed by atoms with Gasteiger partial charge in [0.2, 0.25) is 5.88 Å². The molecule has 3 aromatic rings. The van der Waals surface area contributed by atoms with Gasteiger partial charge in [-0.25, -0.2) is 15.0 Å². The minimum absolute atomic E-state index is 0.0199. The van der Waals surface area contributed by atoms with Crippen molar-refractivity contribution in [2.45, 2.75) is 36.1 Å². The Labute approximate surface area is 187 Å². The van der Waals surface area contributed by atoms with E-state index in [0.717, 1.165) is 30.5 Å². The molecule has 5 rings (SSSR count). The van der Waals surface area contributed by atoms with E-state index >= 15 is 0 Å². The predicted octanol–water partition coefficient (Wildman–Crippen LogP) is 3.97. The number of aryl methyl sites for hydroxylation is 1. The van der Waals surface area contributed by atoms with Gasteiger partial charge in [0.05, 0.1) is 28.6 Å². The van der Waals surface area contributed by atoms with Crippen LogP contribution < -0.4 is 10.1 Å². The van der Waals surface area contributed by atoms with E-state index in [0.29, 0.717) is 45.4 Å². The number of anilines is 1. The average Bonchev–Trinajstić information content (AvgIpc) is 3.14. The summed E-state index contributed by atoms with van der Waals surface area (Å²) in [7, 11) is -1.13. The molecule has 0 bridgehead atoms. The van der Waals surface area contributed by atoms with Crippen LogP contribution in [0.5, 0.6) is 11.6 Å². The maximum Gasteiger partial charge on any atom is 0.219 e. The molecule has 0 saturated heterocycles. The molecule has 2 aromatic heterocycles. The first-order chi connectivity index (χ1) is 15.0. The smallest absolute Gasteiger partial charge is 0.219 e. The lowest BCUT2D eigenvalue weighted by Crippen LogP contribution is -2.48. The molecule has 1 aliphatic heterocycles. The van der Waals surface area contributed by atoms with Crippen molar-refractivity contribution in [1.82, 2.24) is 15.0 Å². The number of pyridine rings is 1. The number of nitrogens with zero attached hydrogens (tertiary/aromatic N) is 3. The summed E-state index contributed by atoms with van der Waals surface area (Å²) in [6.45, 7) is 0.0199. The molecular weight excluding hydrogens is 436 g/mol. The summed E-state index contributed by atoms with van der Waals surface area (Å²) in [6.07, 6.45) is 5.08. The highest BCUT2D eigenvalue weighted by atomic mass is 35.5. The number of fused-ring (bicyclic) bond motifs is 1. The van der Waals surface area contributed by atoms with Crippen molar-refractivity contribution in [3.05, 3.63) is 53.3 Å². The number of ether oxygens (including phenoxy) is 1. The van der Waals surface area contributed by atoms with Gasteiger partial charge in [0.1, 0.15) is 16.5 Å². The van der Waals surface area contributed by atoms with E-state index in [4.69, 9.17) is 16.3 Å².